The van der Waals surface area contributed by atoms with Crippen LogP contribution in [0.25, 0.3) is 0 Å². The lowest BCUT2D eigenvalue weighted by molar-refractivity contribution is -0.145. The Labute approximate surface area is 144 Å². The summed E-state index contributed by atoms with van der Waals surface area (Å²) in [4.78, 5) is 28.8. The minimum absolute atomic E-state index is 0. The molecule has 1 N–H and O–H groups in total. The quantitative estimate of drug-likeness (QED) is 0.821. The molecule has 0 aromatic rings. The van der Waals surface area contributed by atoms with E-state index in [0.717, 1.165) is 44.6 Å². The first-order valence-electron chi connectivity index (χ1n) is 8.07. The molecule has 2 aliphatic heterocycles. The van der Waals surface area contributed by atoms with Crippen LogP contribution in [0, 0.1) is 0 Å². The summed E-state index contributed by atoms with van der Waals surface area (Å²) in [7, 11) is 0. The van der Waals surface area contributed by atoms with Crippen molar-refractivity contribution in [3.8, 4) is 0 Å². The van der Waals surface area contributed by atoms with Crippen LogP contribution in [-0.2, 0) is 9.59 Å². The third kappa shape index (κ3) is 4.52. The highest BCUT2D eigenvalue weighted by molar-refractivity contribution is 7.99. The maximum absolute atomic E-state index is 13.0. The van der Waals surface area contributed by atoms with Gasteiger partial charge in [0.1, 0.15) is 6.04 Å². The van der Waals surface area contributed by atoms with Crippen LogP contribution in [0.4, 0.5) is 0 Å². The number of hydrogen-bond donors (Lipinski definition) is 1. The highest BCUT2D eigenvalue weighted by atomic mass is 35.5. The zero-order valence-electron chi connectivity index (χ0n) is 13.5. The molecule has 0 bridgehead atoms. The second kappa shape index (κ2) is 9.63. The van der Waals surface area contributed by atoms with Crippen molar-refractivity contribution in [2.24, 2.45) is 0 Å². The summed E-state index contributed by atoms with van der Waals surface area (Å²) in [6, 6.07) is 0.0896. The van der Waals surface area contributed by atoms with Crippen molar-refractivity contribution in [2.75, 3.05) is 31.3 Å². The molecule has 2 saturated heterocycles. The molecule has 0 aromatic heterocycles. The number of nitrogens with zero attached hydrogens (tertiary/aromatic N) is 2. The lowest BCUT2D eigenvalue weighted by atomic mass is 10.0. The Morgan fingerprint density at radius 3 is 2.55 bits per heavy atom. The van der Waals surface area contributed by atoms with Crippen molar-refractivity contribution in [3.63, 3.8) is 0 Å². The zero-order valence-corrected chi connectivity index (χ0v) is 15.2. The van der Waals surface area contributed by atoms with Crippen LogP contribution >= 0.6 is 24.2 Å². The van der Waals surface area contributed by atoms with Crippen molar-refractivity contribution in [1.82, 2.24) is 15.1 Å². The normalized spacial score (nSPS) is 22.3. The molecule has 1 unspecified atom stereocenters. The fourth-order valence-corrected chi connectivity index (χ4v) is 4.29. The van der Waals surface area contributed by atoms with Crippen molar-refractivity contribution >= 4 is 36.0 Å². The van der Waals surface area contributed by atoms with E-state index in [1.165, 1.54) is 0 Å². The number of hydrogen-bond acceptors (Lipinski definition) is 4. The predicted octanol–water partition coefficient (Wildman–Crippen LogP) is 1.71. The average Bonchev–Trinajstić information content (AvgIpc) is 3.01. The summed E-state index contributed by atoms with van der Waals surface area (Å²) in [5.41, 5.74) is 0. The third-order valence-corrected chi connectivity index (χ3v) is 5.30. The number of carbonyl (C=O) groups excluding carboxylic acids is 2. The summed E-state index contributed by atoms with van der Waals surface area (Å²) in [6.07, 6.45) is 3.49. The van der Waals surface area contributed by atoms with Gasteiger partial charge in [-0.15, -0.1) is 24.2 Å². The van der Waals surface area contributed by atoms with Crippen LogP contribution < -0.4 is 5.32 Å². The number of amides is 2. The monoisotopic (exact) mass is 349 g/mol. The van der Waals surface area contributed by atoms with Gasteiger partial charge in [0.05, 0.1) is 5.88 Å². The van der Waals surface area contributed by atoms with Crippen molar-refractivity contribution < 1.29 is 9.59 Å². The van der Waals surface area contributed by atoms with Gasteiger partial charge < -0.3 is 15.1 Å². The first kappa shape index (κ1) is 19.6. The molecule has 2 heterocycles. The predicted molar refractivity (Wildman–Crippen MR) is 93.4 cm³/mol. The van der Waals surface area contributed by atoms with Crippen molar-refractivity contribution in [1.29, 1.82) is 0 Å². The third-order valence-electron chi connectivity index (χ3n) is 4.29. The fourth-order valence-electron chi connectivity index (χ4n) is 3.12. The number of piperidine rings is 1. The van der Waals surface area contributed by atoms with E-state index in [2.05, 4.69) is 12.2 Å². The SMILES string of the molecule is CCCN(C(=O)C1CSCN1C(=O)CC)C1CCNCC1.Cl. The molecule has 0 radical (unpaired) electrons. The molecule has 2 aliphatic rings. The van der Waals surface area contributed by atoms with Crippen molar-refractivity contribution in [3.05, 3.63) is 0 Å². The molecule has 5 nitrogen and oxygen atoms in total. The van der Waals surface area contributed by atoms with Crippen LogP contribution in [0.2, 0.25) is 0 Å². The van der Waals surface area contributed by atoms with E-state index in [4.69, 9.17) is 0 Å². The number of halogens is 1. The molecule has 0 spiro atoms. The first-order valence-corrected chi connectivity index (χ1v) is 9.22. The molecule has 7 heteroatoms. The molecule has 1 atom stereocenters. The van der Waals surface area contributed by atoms with E-state index in [-0.39, 0.29) is 30.3 Å². The van der Waals surface area contributed by atoms with E-state index in [9.17, 15) is 9.59 Å². The molecular formula is C15H28ClN3O2S. The number of nitrogens with one attached hydrogen (secondary N) is 1. The zero-order chi connectivity index (χ0) is 15.2. The molecule has 0 aliphatic carbocycles. The van der Waals surface area contributed by atoms with Gasteiger partial charge in [-0.05, 0) is 32.4 Å². The van der Waals surface area contributed by atoms with Crippen molar-refractivity contribution in [2.45, 2.75) is 51.6 Å². The fraction of sp³-hybridized carbons (Fsp3) is 0.867. The van der Waals surface area contributed by atoms with Gasteiger partial charge in [0.15, 0.2) is 0 Å². The number of rotatable bonds is 5. The Hall–Kier alpha value is -0.460. The largest absolute Gasteiger partial charge is 0.338 e. The van der Waals surface area contributed by atoms with Crippen LogP contribution in [-0.4, -0.2) is 65.0 Å². The maximum Gasteiger partial charge on any atom is 0.246 e. The standard InChI is InChI=1S/C15H27N3O2S.ClH/c1-3-9-17(12-5-7-16-8-6-12)15(20)13-10-21-11-18(13)14(19)4-2;/h12-13,16H,3-11H2,1-2H3;1H. The summed E-state index contributed by atoms with van der Waals surface area (Å²) in [5, 5.41) is 3.35. The minimum atomic E-state index is -0.246. The number of thioether (sulfide) groups is 1. The Balaban J connectivity index is 0.00000242. The first-order chi connectivity index (χ1) is 10.2. The lowest BCUT2D eigenvalue weighted by Gasteiger charge is -2.37. The molecule has 128 valence electrons. The van der Waals surface area contributed by atoms with Crippen LogP contribution in [0.3, 0.4) is 0 Å². The van der Waals surface area contributed by atoms with Gasteiger partial charge in [0.2, 0.25) is 11.8 Å². The minimum Gasteiger partial charge on any atom is -0.338 e. The summed E-state index contributed by atoms with van der Waals surface area (Å²) < 4.78 is 0. The Kier molecular flexibility index (Phi) is 8.57. The summed E-state index contributed by atoms with van der Waals surface area (Å²) >= 11 is 1.69. The second-order valence-corrected chi connectivity index (χ2v) is 6.75. The molecule has 2 rings (SSSR count). The average molecular weight is 350 g/mol. The van der Waals surface area contributed by atoms with Crippen LogP contribution in [0.5, 0.6) is 0 Å². The van der Waals surface area contributed by atoms with Gasteiger partial charge in [-0.1, -0.05) is 13.8 Å². The summed E-state index contributed by atoms with van der Waals surface area (Å²) in [6.45, 7) is 6.74. The lowest BCUT2D eigenvalue weighted by Crippen LogP contribution is -2.54. The van der Waals surface area contributed by atoms with Gasteiger partial charge in [0, 0.05) is 24.8 Å². The highest BCUT2D eigenvalue weighted by Gasteiger charge is 2.38. The molecule has 22 heavy (non-hydrogen) atoms. The van der Waals surface area contributed by atoms with E-state index in [1.54, 1.807) is 16.7 Å². The van der Waals surface area contributed by atoms with Gasteiger partial charge in [-0.3, -0.25) is 9.59 Å². The Bertz CT molecular complexity index is 378. The Morgan fingerprint density at radius 1 is 1.27 bits per heavy atom. The summed E-state index contributed by atoms with van der Waals surface area (Å²) in [5.74, 6) is 1.67. The van der Waals surface area contributed by atoms with Crippen LogP contribution in [0.15, 0.2) is 0 Å². The van der Waals surface area contributed by atoms with Gasteiger partial charge >= 0.3 is 0 Å². The van der Waals surface area contributed by atoms with E-state index >= 15 is 0 Å². The number of carbonyl (C=O) groups is 2. The van der Waals surface area contributed by atoms with E-state index in [1.807, 2.05) is 11.8 Å². The topological polar surface area (TPSA) is 52.7 Å². The molecule has 0 saturated carbocycles. The van der Waals surface area contributed by atoms with E-state index < -0.39 is 0 Å². The van der Waals surface area contributed by atoms with Gasteiger partial charge in [0.25, 0.3) is 0 Å². The maximum atomic E-state index is 13.0. The van der Waals surface area contributed by atoms with Gasteiger partial charge in [-0.25, -0.2) is 0 Å². The Morgan fingerprint density at radius 2 is 1.95 bits per heavy atom. The van der Waals surface area contributed by atoms with Crippen LogP contribution in [0.1, 0.15) is 39.5 Å². The van der Waals surface area contributed by atoms with E-state index in [0.29, 0.717) is 18.3 Å². The molecule has 2 amide bonds. The highest BCUT2D eigenvalue weighted by Crippen LogP contribution is 2.25. The molecule has 2 fully saturated rings. The van der Waals surface area contributed by atoms with Gasteiger partial charge in [-0.2, -0.15) is 0 Å². The second-order valence-electron chi connectivity index (χ2n) is 5.75. The smallest absolute Gasteiger partial charge is 0.246 e. The molecule has 0 aromatic carbocycles. The molecular weight excluding hydrogens is 322 g/mol.